The zero-order valence-corrected chi connectivity index (χ0v) is 20.1. The summed E-state index contributed by atoms with van der Waals surface area (Å²) in [6, 6.07) is 0. The Morgan fingerprint density at radius 1 is 1.13 bits per heavy atom. The fraction of sp³-hybridized carbons (Fsp3) is 0.815. The Kier molecular flexibility index (Phi) is 5.75. The van der Waals surface area contributed by atoms with Gasteiger partial charge in [0.15, 0.2) is 17.2 Å². The van der Waals surface area contributed by atoms with E-state index in [0.29, 0.717) is 42.9 Å². The minimum absolute atomic E-state index is 0.0275. The van der Waals surface area contributed by atoms with Crippen LogP contribution in [0.1, 0.15) is 98.8 Å². The molecule has 0 aromatic heterocycles. The number of unbranched alkanes of at least 4 members (excludes halogenated alkanes) is 1. The van der Waals surface area contributed by atoms with Crippen LogP contribution >= 0.6 is 0 Å². The maximum absolute atomic E-state index is 13.1. The van der Waals surface area contributed by atoms with Crippen LogP contribution in [-0.4, -0.2) is 23.1 Å². The summed E-state index contributed by atoms with van der Waals surface area (Å²) in [5, 5.41) is 0. The van der Waals surface area contributed by atoms with Crippen molar-refractivity contribution in [3.05, 3.63) is 11.6 Å². The Morgan fingerprint density at radius 3 is 2.52 bits per heavy atom. The molecule has 7 atom stereocenters. The molecule has 0 amide bonds. The van der Waals surface area contributed by atoms with Gasteiger partial charge < -0.3 is 4.74 Å². The van der Waals surface area contributed by atoms with E-state index in [-0.39, 0.29) is 28.4 Å². The number of fused-ring (bicyclic) bond motifs is 5. The maximum atomic E-state index is 13.1. The molecule has 0 radical (unpaired) electrons. The Bertz CT molecular complexity index is 812. The van der Waals surface area contributed by atoms with Crippen molar-refractivity contribution in [2.75, 3.05) is 0 Å². The normalized spacial score (nSPS) is 44.0. The number of rotatable bonds is 5. The molecule has 0 heterocycles. The van der Waals surface area contributed by atoms with Crippen molar-refractivity contribution < 1.29 is 19.1 Å². The van der Waals surface area contributed by atoms with E-state index in [1.807, 2.05) is 6.08 Å². The lowest BCUT2D eigenvalue weighted by Gasteiger charge is -2.60. The van der Waals surface area contributed by atoms with Crippen LogP contribution in [0.25, 0.3) is 0 Å². The predicted molar refractivity (Wildman–Crippen MR) is 120 cm³/mol. The third-order valence-corrected chi connectivity index (χ3v) is 9.99. The van der Waals surface area contributed by atoms with Gasteiger partial charge in [-0.3, -0.25) is 14.4 Å². The number of hydrogen-bond donors (Lipinski definition) is 0. The number of ether oxygens (including phenoxy) is 1. The number of carbonyl (C=O) groups is 3. The van der Waals surface area contributed by atoms with Crippen LogP contribution in [-0.2, 0) is 19.1 Å². The summed E-state index contributed by atoms with van der Waals surface area (Å²) in [5.74, 6) is 1.99. The SMILES string of the molecule is CCCCC(=O)O[C@]1(C(C)=O)CC[C@H]2[C@@H]3C[C@H](C)C4=CC(=O)CC[C@]4(C)[C@H]3CC[C@@]21C. The summed E-state index contributed by atoms with van der Waals surface area (Å²) in [4.78, 5) is 37.9. The van der Waals surface area contributed by atoms with Crippen LogP contribution in [0.15, 0.2) is 11.6 Å². The summed E-state index contributed by atoms with van der Waals surface area (Å²) in [6.07, 6.45) is 10.4. The van der Waals surface area contributed by atoms with Crippen molar-refractivity contribution in [1.82, 2.24) is 0 Å². The van der Waals surface area contributed by atoms with Crippen LogP contribution < -0.4 is 0 Å². The van der Waals surface area contributed by atoms with E-state index in [9.17, 15) is 14.4 Å². The highest BCUT2D eigenvalue weighted by atomic mass is 16.6. The van der Waals surface area contributed by atoms with Crippen LogP contribution in [0.4, 0.5) is 0 Å². The monoisotopic (exact) mass is 428 g/mol. The second-order valence-corrected chi connectivity index (χ2v) is 11.5. The summed E-state index contributed by atoms with van der Waals surface area (Å²) < 4.78 is 6.14. The Morgan fingerprint density at radius 2 is 1.84 bits per heavy atom. The lowest BCUT2D eigenvalue weighted by atomic mass is 9.44. The molecule has 3 fully saturated rings. The molecular formula is C27H40O4. The minimum Gasteiger partial charge on any atom is -0.450 e. The largest absolute Gasteiger partial charge is 0.450 e. The highest BCUT2D eigenvalue weighted by molar-refractivity contribution is 5.92. The average Bonchev–Trinajstić information content (AvgIpc) is 3.01. The molecule has 0 aromatic carbocycles. The van der Waals surface area contributed by atoms with Gasteiger partial charge in [0, 0.05) is 18.3 Å². The zero-order valence-electron chi connectivity index (χ0n) is 20.1. The van der Waals surface area contributed by atoms with Crippen molar-refractivity contribution >= 4 is 17.5 Å². The van der Waals surface area contributed by atoms with Crippen molar-refractivity contribution in [2.45, 2.75) is 104 Å². The van der Waals surface area contributed by atoms with Gasteiger partial charge in [-0.2, -0.15) is 0 Å². The van der Waals surface area contributed by atoms with Gasteiger partial charge in [0.2, 0.25) is 0 Å². The highest BCUT2D eigenvalue weighted by Gasteiger charge is 2.68. The molecule has 0 N–H and O–H groups in total. The lowest BCUT2D eigenvalue weighted by Crippen LogP contribution is -2.59. The van der Waals surface area contributed by atoms with Crippen molar-refractivity contribution in [3.63, 3.8) is 0 Å². The molecule has 4 aliphatic carbocycles. The number of hydrogen-bond acceptors (Lipinski definition) is 4. The van der Waals surface area contributed by atoms with E-state index in [4.69, 9.17) is 4.74 Å². The van der Waals surface area contributed by atoms with E-state index in [1.165, 1.54) is 5.57 Å². The molecular weight excluding hydrogens is 388 g/mol. The number of esters is 1. The van der Waals surface area contributed by atoms with Crippen molar-refractivity contribution in [2.24, 2.45) is 34.5 Å². The maximum Gasteiger partial charge on any atom is 0.306 e. The lowest BCUT2D eigenvalue weighted by molar-refractivity contribution is -0.189. The van der Waals surface area contributed by atoms with Gasteiger partial charge in [-0.15, -0.1) is 0 Å². The molecule has 4 rings (SSSR count). The summed E-state index contributed by atoms with van der Waals surface area (Å²) in [7, 11) is 0. The Labute approximate surface area is 187 Å². The summed E-state index contributed by atoms with van der Waals surface area (Å²) in [6.45, 7) is 10.6. The van der Waals surface area contributed by atoms with Gasteiger partial charge in [0.25, 0.3) is 0 Å². The van der Waals surface area contributed by atoms with Crippen LogP contribution in [0, 0.1) is 34.5 Å². The smallest absolute Gasteiger partial charge is 0.306 e. The fourth-order valence-electron chi connectivity index (χ4n) is 8.37. The summed E-state index contributed by atoms with van der Waals surface area (Å²) in [5.41, 5.74) is 0.215. The zero-order chi connectivity index (χ0) is 22.6. The standard InChI is InChI=1S/C27H40O4/c1-6-7-8-24(30)31-27(18(3)28)14-11-22-20-15-17(2)23-16-19(29)9-12-25(23,4)21(20)10-13-26(22,27)5/h16-17,20-22H,6-15H2,1-5H3/t17-,20+,21-,22-,25+,26-,27-/m0/s1. The molecule has 4 aliphatic rings. The second-order valence-electron chi connectivity index (χ2n) is 11.5. The number of carbonyl (C=O) groups excluding carboxylic acids is 3. The van der Waals surface area contributed by atoms with Crippen LogP contribution in [0.2, 0.25) is 0 Å². The first-order valence-electron chi connectivity index (χ1n) is 12.6. The van der Waals surface area contributed by atoms with Crippen molar-refractivity contribution in [1.29, 1.82) is 0 Å². The molecule has 0 saturated heterocycles. The van der Waals surface area contributed by atoms with E-state index in [0.717, 1.165) is 44.9 Å². The van der Waals surface area contributed by atoms with Crippen LogP contribution in [0.5, 0.6) is 0 Å². The number of Topliss-reactive ketones (excluding diaryl/α,β-unsaturated/α-hetero) is 1. The molecule has 0 bridgehead atoms. The quantitative estimate of drug-likeness (QED) is 0.517. The van der Waals surface area contributed by atoms with Gasteiger partial charge in [-0.25, -0.2) is 0 Å². The first kappa shape index (κ1) is 22.7. The average molecular weight is 429 g/mol. The van der Waals surface area contributed by atoms with Crippen molar-refractivity contribution in [3.8, 4) is 0 Å². The molecule has 0 aliphatic heterocycles. The Hall–Kier alpha value is -1.45. The number of allylic oxidation sites excluding steroid dienone is 1. The topological polar surface area (TPSA) is 60.4 Å². The van der Waals surface area contributed by atoms with E-state index in [1.54, 1.807) is 6.92 Å². The highest BCUT2D eigenvalue weighted by Crippen LogP contribution is 2.69. The van der Waals surface area contributed by atoms with Gasteiger partial charge in [0.05, 0.1) is 0 Å². The van der Waals surface area contributed by atoms with E-state index >= 15 is 0 Å². The molecule has 0 spiro atoms. The van der Waals surface area contributed by atoms with E-state index in [2.05, 4.69) is 27.7 Å². The van der Waals surface area contributed by atoms with E-state index < -0.39 is 5.60 Å². The number of ketones is 2. The summed E-state index contributed by atoms with van der Waals surface area (Å²) >= 11 is 0. The molecule has 0 unspecified atom stereocenters. The molecule has 172 valence electrons. The van der Waals surface area contributed by atoms with Gasteiger partial charge in [-0.05, 0) is 87.0 Å². The van der Waals surface area contributed by atoms with Gasteiger partial charge in [-0.1, -0.05) is 39.7 Å². The predicted octanol–water partition coefficient (Wildman–Crippen LogP) is 5.83. The second kappa shape index (κ2) is 7.85. The van der Waals surface area contributed by atoms with Gasteiger partial charge >= 0.3 is 5.97 Å². The first-order chi connectivity index (χ1) is 14.6. The first-order valence-corrected chi connectivity index (χ1v) is 12.6. The minimum atomic E-state index is -0.962. The van der Waals surface area contributed by atoms with Gasteiger partial charge in [0.1, 0.15) is 0 Å². The molecule has 31 heavy (non-hydrogen) atoms. The fourth-order valence-corrected chi connectivity index (χ4v) is 8.37. The third-order valence-electron chi connectivity index (χ3n) is 9.99. The third kappa shape index (κ3) is 3.26. The molecule has 4 nitrogen and oxygen atoms in total. The Balaban J connectivity index is 1.66. The molecule has 4 heteroatoms. The van der Waals surface area contributed by atoms with Crippen LogP contribution in [0.3, 0.4) is 0 Å². The molecule has 3 saturated carbocycles. The molecule has 0 aromatic rings.